The van der Waals surface area contributed by atoms with Crippen LogP contribution in [0.5, 0.6) is 0 Å². The minimum atomic E-state index is -0.438. The lowest BCUT2D eigenvalue weighted by Crippen LogP contribution is -2.04. The minimum absolute atomic E-state index is 0.0682. The van der Waals surface area contributed by atoms with Gasteiger partial charge >= 0.3 is 5.97 Å². The highest BCUT2D eigenvalue weighted by molar-refractivity contribution is 7.17. The van der Waals surface area contributed by atoms with Gasteiger partial charge in [-0.15, -0.1) is 11.3 Å². The van der Waals surface area contributed by atoms with E-state index in [1.807, 2.05) is 49.4 Å². The van der Waals surface area contributed by atoms with Gasteiger partial charge < -0.3 is 9.57 Å². The van der Waals surface area contributed by atoms with Crippen molar-refractivity contribution in [1.29, 1.82) is 0 Å². The molecule has 7 heteroatoms. The number of carbonyl (C=O) groups excluding carboxylic acids is 1. The number of benzene rings is 2. The molecule has 138 valence electrons. The maximum Gasteiger partial charge on any atom is 0.350 e. The second-order valence-electron chi connectivity index (χ2n) is 5.61. The van der Waals surface area contributed by atoms with Crippen molar-refractivity contribution in [2.24, 2.45) is 5.16 Å². The van der Waals surface area contributed by atoms with Crippen molar-refractivity contribution in [2.45, 2.75) is 13.5 Å². The van der Waals surface area contributed by atoms with Gasteiger partial charge in [0.25, 0.3) is 0 Å². The molecule has 0 atom stereocenters. The molecular formula is C20H17ClN2O3S. The fraction of sp³-hybridized carbons (Fsp3) is 0.150. The van der Waals surface area contributed by atoms with Gasteiger partial charge in [0.15, 0.2) is 6.61 Å². The van der Waals surface area contributed by atoms with Gasteiger partial charge in [0.1, 0.15) is 15.6 Å². The topological polar surface area (TPSA) is 60.8 Å². The van der Waals surface area contributed by atoms with Gasteiger partial charge in [-0.2, -0.15) is 0 Å². The molecule has 0 aliphatic rings. The van der Waals surface area contributed by atoms with E-state index in [1.54, 1.807) is 12.1 Å². The first-order chi connectivity index (χ1) is 13.1. The summed E-state index contributed by atoms with van der Waals surface area (Å²) in [5.41, 5.74) is 3.03. The summed E-state index contributed by atoms with van der Waals surface area (Å²) in [5.74, 6) is -0.438. The monoisotopic (exact) mass is 400 g/mol. The Morgan fingerprint density at radius 3 is 2.52 bits per heavy atom. The van der Waals surface area contributed by atoms with Crippen molar-refractivity contribution in [3.63, 3.8) is 0 Å². The molecule has 0 N–H and O–H groups in total. The Labute approximate surface area is 166 Å². The number of thiazole rings is 1. The molecule has 3 aromatic rings. The number of rotatable bonds is 6. The average molecular weight is 401 g/mol. The Hall–Kier alpha value is -2.70. The average Bonchev–Trinajstić information content (AvgIpc) is 3.12. The van der Waals surface area contributed by atoms with Gasteiger partial charge in [-0.25, -0.2) is 9.78 Å². The van der Waals surface area contributed by atoms with Crippen molar-refractivity contribution in [3.8, 4) is 10.6 Å². The number of esters is 1. The highest BCUT2D eigenvalue weighted by Crippen LogP contribution is 2.29. The Balaban J connectivity index is 1.79. The molecule has 5 nitrogen and oxygen atoms in total. The summed E-state index contributed by atoms with van der Waals surface area (Å²) in [6, 6.07) is 16.9. The highest BCUT2D eigenvalue weighted by atomic mass is 35.5. The van der Waals surface area contributed by atoms with Gasteiger partial charge in [0, 0.05) is 10.6 Å². The summed E-state index contributed by atoms with van der Waals surface area (Å²) >= 11 is 7.17. The van der Waals surface area contributed by atoms with Crippen LogP contribution in [-0.4, -0.2) is 23.8 Å². The molecule has 0 aliphatic heterocycles. The molecule has 0 amide bonds. The molecule has 0 saturated carbocycles. The molecule has 0 unspecified atom stereocenters. The lowest BCUT2D eigenvalue weighted by atomic mass is 10.1. The molecule has 27 heavy (non-hydrogen) atoms. The molecule has 1 aromatic heterocycles. The van der Waals surface area contributed by atoms with Crippen molar-refractivity contribution in [1.82, 2.24) is 4.98 Å². The van der Waals surface area contributed by atoms with Crippen LogP contribution in [0.1, 0.15) is 27.9 Å². The molecule has 0 bridgehead atoms. The number of aromatic nitrogens is 1. The van der Waals surface area contributed by atoms with Gasteiger partial charge in [-0.05, 0) is 24.6 Å². The van der Waals surface area contributed by atoms with Crippen LogP contribution < -0.4 is 0 Å². The van der Waals surface area contributed by atoms with E-state index in [9.17, 15) is 4.79 Å². The van der Waals surface area contributed by atoms with Crippen LogP contribution in [-0.2, 0) is 16.2 Å². The maximum absolute atomic E-state index is 12.1. The van der Waals surface area contributed by atoms with Crippen molar-refractivity contribution in [2.75, 3.05) is 7.11 Å². The lowest BCUT2D eigenvalue weighted by Gasteiger charge is -2.03. The summed E-state index contributed by atoms with van der Waals surface area (Å²) < 4.78 is 4.86. The number of halogens is 1. The van der Waals surface area contributed by atoms with Gasteiger partial charge in [0.2, 0.25) is 0 Å². The van der Waals surface area contributed by atoms with E-state index in [-0.39, 0.29) is 6.61 Å². The number of carbonyl (C=O) groups is 1. The molecule has 0 spiro atoms. The number of oxime groups is 1. The van der Waals surface area contributed by atoms with Crippen molar-refractivity contribution in [3.05, 3.63) is 75.8 Å². The van der Waals surface area contributed by atoms with E-state index in [1.165, 1.54) is 18.4 Å². The third-order valence-electron chi connectivity index (χ3n) is 3.75. The van der Waals surface area contributed by atoms with E-state index in [2.05, 4.69) is 10.1 Å². The molecule has 0 radical (unpaired) electrons. The second-order valence-corrected chi connectivity index (χ2v) is 7.04. The molecule has 3 rings (SSSR count). The predicted molar refractivity (Wildman–Crippen MR) is 107 cm³/mol. The SMILES string of the molecule is COC(=O)c1sc(-c2ccccc2)nc1CON=C(C)c1ccc(Cl)cc1. The standard InChI is InChI=1S/C20H17ClN2O3S/c1-13(14-8-10-16(21)11-9-14)23-26-12-17-18(20(24)25-2)27-19(22-17)15-6-4-3-5-7-15/h3-11H,12H2,1-2H3. The summed E-state index contributed by atoms with van der Waals surface area (Å²) in [4.78, 5) is 22.5. The van der Waals surface area contributed by atoms with Crippen LogP contribution in [0.3, 0.4) is 0 Å². The van der Waals surface area contributed by atoms with E-state index >= 15 is 0 Å². The van der Waals surface area contributed by atoms with Crippen LogP contribution in [0.15, 0.2) is 59.8 Å². The number of nitrogens with zero attached hydrogens (tertiary/aromatic N) is 2. The van der Waals surface area contributed by atoms with E-state index in [0.717, 1.165) is 16.1 Å². The predicted octanol–water partition coefficient (Wildman–Crippen LogP) is 5.19. The van der Waals surface area contributed by atoms with E-state index < -0.39 is 5.97 Å². The molecule has 0 saturated heterocycles. The zero-order valence-corrected chi connectivity index (χ0v) is 16.4. The lowest BCUT2D eigenvalue weighted by molar-refractivity contribution is 0.0598. The van der Waals surface area contributed by atoms with Crippen LogP contribution in [0.4, 0.5) is 0 Å². The zero-order chi connectivity index (χ0) is 19.2. The largest absolute Gasteiger partial charge is 0.465 e. The van der Waals surface area contributed by atoms with Crippen LogP contribution in [0.2, 0.25) is 5.02 Å². The maximum atomic E-state index is 12.1. The van der Waals surface area contributed by atoms with Gasteiger partial charge in [0.05, 0.1) is 12.8 Å². The minimum Gasteiger partial charge on any atom is -0.465 e. The summed E-state index contributed by atoms with van der Waals surface area (Å²) in [7, 11) is 1.34. The molecule has 0 fully saturated rings. The Morgan fingerprint density at radius 2 is 1.85 bits per heavy atom. The Morgan fingerprint density at radius 1 is 1.15 bits per heavy atom. The molecule has 1 heterocycles. The second kappa shape index (κ2) is 8.79. The summed E-state index contributed by atoms with van der Waals surface area (Å²) in [6.45, 7) is 1.90. The third-order valence-corrected chi connectivity index (χ3v) is 5.13. The molecular weight excluding hydrogens is 384 g/mol. The van der Waals surface area contributed by atoms with E-state index in [4.69, 9.17) is 21.2 Å². The normalized spacial score (nSPS) is 11.3. The highest BCUT2D eigenvalue weighted by Gasteiger charge is 2.20. The fourth-order valence-electron chi connectivity index (χ4n) is 2.34. The smallest absolute Gasteiger partial charge is 0.350 e. The van der Waals surface area contributed by atoms with E-state index in [0.29, 0.717) is 21.3 Å². The summed E-state index contributed by atoms with van der Waals surface area (Å²) in [6.07, 6.45) is 0. The van der Waals surface area contributed by atoms with Crippen LogP contribution >= 0.6 is 22.9 Å². The fourth-order valence-corrected chi connectivity index (χ4v) is 3.46. The quantitative estimate of drug-likeness (QED) is 0.324. The number of hydrogen-bond donors (Lipinski definition) is 0. The first kappa shape index (κ1) is 19.1. The number of hydrogen-bond acceptors (Lipinski definition) is 6. The van der Waals surface area contributed by atoms with Crippen molar-refractivity contribution < 1.29 is 14.4 Å². The van der Waals surface area contributed by atoms with Crippen LogP contribution in [0.25, 0.3) is 10.6 Å². The third kappa shape index (κ3) is 4.72. The first-order valence-corrected chi connectivity index (χ1v) is 9.34. The first-order valence-electron chi connectivity index (χ1n) is 8.14. The van der Waals surface area contributed by atoms with Crippen LogP contribution in [0, 0.1) is 0 Å². The Bertz CT molecular complexity index is 953. The van der Waals surface area contributed by atoms with Crippen molar-refractivity contribution >= 4 is 34.6 Å². The molecule has 0 aliphatic carbocycles. The summed E-state index contributed by atoms with van der Waals surface area (Å²) in [5, 5.41) is 5.50. The number of methoxy groups -OCH3 is 1. The number of ether oxygens (including phenoxy) is 1. The molecule has 2 aromatic carbocycles. The zero-order valence-electron chi connectivity index (χ0n) is 14.8. The van der Waals surface area contributed by atoms with Gasteiger partial charge in [-0.3, -0.25) is 0 Å². The Kier molecular flexibility index (Phi) is 6.21. The van der Waals surface area contributed by atoms with Gasteiger partial charge in [-0.1, -0.05) is 59.2 Å².